The van der Waals surface area contributed by atoms with Crippen molar-refractivity contribution in [3.63, 3.8) is 0 Å². The van der Waals surface area contributed by atoms with Gasteiger partial charge in [-0.2, -0.15) is 0 Å². The molecule has 0 unspecified atom stereocenters. The van der Waals surface area contributed by atoms with E-state index in [1.54, 1.807) is 0 Å². The van der Waals surface area contributed by atoms with Gasteiger partial charge in [-0.05, 0) is 37.5 Å². The minimum Gasteiger partial charge on any atom is -0.493 e. The first-order valence-electron chi connectivity index (χ1n) is 6.73. The molecule has 0 aliphatic heterocycles. The molecule has 3 nitrogen and oxygen atoms in total. The van der Waals surface area contributed by atoms with E-state index < -0.39 is 0 Å². The summed E-state index contributed by atoms with van der Waals surface area (Å²) in [5, 5.41) is 3.06. The Hall–Kier alpha value is -1.51. The van der Waals surface area contributed by atoms with E-state index in [1.165, 1.54) is 18.4 Å². The van der Waals surface area contributed by atoms with Crippen molar-refractivity contribution < 1.29 is 9.53 Å². The Bertz CT molecular complexity index is 397. The molecule has 1 amide bonds. The highest BCUT2D eigenvalue weighted by atomic mass is 16.5. The van der Waals surface area contributed by atoms with Gasteiger partial charge < -0.3 is 10.1 Å². The molecule has 1 N–H and O–H groups in total. The molecule has 1 aliphatic rings. The summed E-state index contributed by atoms with van der Waals surface area (Å²) in [5.41, 5.74) is 1.17. The molecule has 2 rings (SSSR count). The highest BCUT2D eigenvalue weighted by molar-refractivity contribution is 5.76. The maximum atomic E-state index is 11.7. The highest BCUT2D eigenvalue weighted by Crippen LogP contribution is 2.17. The number of carbonyl (C=O) groups is 1. The third kappa shape index (κ3) is 4.06. The van der Waals surface area contributed by atoms with Gasteiger partial charge in [-0.15, -0.1) is 0 Å². The summed E-state index contributed by atoms with van der Waals surface area (Å²) in [5.74, 6) is 0.943. The predicted molar refractivity (Wildman–Crippen MR) is 71.7 cm³/mol. The molecule has 0 atom stereocenters. The molecule has 0 aromatic heterocycles. The van der Waals surface area contributed by atoms with Crippen molar-refractivity contribution >= 4 is 5.91 Å². The van der Waals surface area contributed by atoms with Crippen LogP contribution >= 0.6 is 0 Å². The molecule has 1 saturated carbocycles. The van der Waals surface area contributed by atoms with E-state index in [0.717, 1.165) is 18.6 Å². The molecular formula is C15H21NO2. The van der Waals surface area contributed by atoms with Crippen LogP contribution in [0.5, 0.6) is 5.75 Å². The summed E-state index contributed by atoms with van der Waals surface area (Å²) in [7, 11) is 0. The van der Waals surface area contributed by atoms with Crippen LogP contribution in [0, 0.1) is 6.92 Å². The molecule has 0 saturated heterocycles. The zero-order valence-electron chi connectivity index (χ0n) is 10.9. The van der Waals surface area contributed by atoms with Crippen LogP contribution in [0.1, 0.15) is 37.7 Å². The van der Waals surface area contributed by atoms with Crippen molar-refractivity contribution in [2.24, 2.45) is 0 Å². The number of hydrogen-bond donors (Lipinski definition) is 1. The molecule has 1 aromatic rings. The van der Waals surface area contributed by atoms with Crippen molar-refractivity contribution in [3.05, 3.63) is 29.8 Å². The van der Waals surface area contributed by atoms with Crippen LogP contribution in [0.25, 0.3) is 0 Å². The third-order valence-electron chi connectivity index (χ3n) is 3.31. The van der Waals surface area contributed by atoms with Gasteiger partial charge in [0.05, 0.1) is 13.0 Å². The quantitative estimate of drug-likeness (QED) is 0.869. The Labute approximate surface area is 109 Å². The van der Waals surface area contributed by atoms with E-state index in [9.17, 15) is 4.79 Å². The topological polar surface area (TPSA) is 38.3 Å². The molecule has 0 heterocycles. The summed E-state index contributed by atoms with van der Waals surface area (Å²) in [6.45, 7) is 2.47. The number of nitrogens with one attached hydrogen (secondary N) is 1. The van der Waals surface area contributed by atoms with Gasteiger partial charge in [0, 0.05) is 6.04 Å². The van der Waals surface area contributed by atoms with E-state index in [4.69, 9.17) is 4.74 Å². The molecule has 18 heavy (non-hydrogen) atoms. The fourth-order valence-corrected chi connectivity index (χ4v) is 2.34. The Morgan fingerprint density at radius 2 is 2.17 bits per heavy atom. The van der Waals surface area contributed by atoms with Gasteiger partial charge in [-0.1, -0.05) is 25.0 Å². The molecule has 0 radical (unpaired) electrons. The van der Waals surface area contributed by atoms with Crippen LogP contribution in [0.3, 0.4) is 0 Å². The number of hydrogen-bond acceptors (Lipinski definition) is 2. The van der Waals surface area contributed by atoms with Crippen LogP contribution in [0.15, 0.2) is 24.3 Å². The molecule has 3 heteroatoms. The SMILES string of the molecule is Cc1cccc(OCCC(=O)NC2CCCC2)c1. The predicted octanol–water partition coefficient (Wildman–Crippen LogP) is 2.82. The standard InChI is InChI=1S/C15H21NO2/c1-12-5-4-8-14(11-12)18-10-9-15(17)16-13-6-2-3-7-13/h4-5,8,11,13H,2-3,6-7,9-10H2,1H3,(H,16,17). The zero-order valence-corrected chi connectivity index (χ0v) is 10.9. The van der Waals surface area contributed by atoms with E-state index in [1.807, 2.05) is 31.2 Å². The summed E-state index contributed by atoms with van der Waals surface area (Å²) in [6, 6.07) is 8.29. The summed E-state index contributed by atoms with van der Waals surface area (Å²) in [6.07, 6.45) is 5.18. The first kappa shape index (κ1) is 12.9. The number of ether oxygens (including phenoxy) is 1. The van der Waals surface area contributed by atoms with Crippen LogP contribution in [-0.2, 0) is 4.79 Å². The van der Waals surface area contributed by atoms with E-state index in [0.29, 0.717) is 19.1 Å². The van der Waals surface area contributed by atoms with Crippen LogP contribution in [0.2, 0.25) is 0 Å². The minimum atomic E-state index is 0.106. The Morgan fingerprint density at radius 1 is 1.39 bits per heavy atom. The molecular weight excluding hydrogens is 226 g/mol. The number of benzene rings is 1. The number of carbonyl (C=O) groups excluding carboxylic acids is 1. The van der Waals surface area contributed by atoms with Crippen LogP contribution in [-0.4, -0.2) is 18.6 Å². The smallest absolute Gasteiger partial charge is 0.223 e. The fourth-order valence-electron chi connectivity index (χ4n) is 2.34. The maximum Gasteiger partial charge on any atom is 0.223 e. The lowest BCUT2D eigenvalue weighted by Crippen LogP contribution is -2.33. The second-order valence-electron chi connectivity index (χ2n) is 4.96. The number of amides is 1. The average molecular weight is 247 g/mol. The lowest BCUT2D eigenvalue weighted by atomic mass is 10.2. The largest absolute Gasteiger partial charge is 0.493 e. The van der Waals surface area contributed by atoms with Gasteiger partial charge in [-0.3, -0.25) is 4.79 Å². The summed E-state index contributed by atoms with van der Waals surface area (Å²) < 4.78 is 5.56. The van der Waals surface area contributed by atoms with Crippen molar-refractivity contribution in [2.75, 3.05) is 6.61 Å². The van der Waals surface area contributed by atoms with Gasteiger partial charge in [0.15, 0.2) is 0 Å². The van der Waals surface area contributed by atoms with Gasteiger partial charge in [0.1, 0.15) is 5.75 Å². The van der Waals surface area contributed by atoms with Crippen molar-refractivity contribution in [2.45, 2.75) is 45.1 Å². The number of aryl methyl sites for hydroxylation is 1. The monoisotopic (exact) mass is 247 g/mol. The van der Waals surface area contributed by atoms with Crippen LogP contribution in [0.4, 0.5) is 0 Å². The number of rotatable bonds is 5. The van der Waals surface area contributed by atoms with Crippen molar-refractivity contribution in [3.8, 4) is 5.75 Å². The van der Waals surface area contributed by atoms with Crippen molar-refractivity contribution in [1.29, 1.82) is 0 Å². The van der Waals surface area contributed by atoms with Crippen molar-refractivity contribution in [1.82, 2.24) is 5.32 Å². The highest BCUT2D eigenvalue weighted by Gasteiger charge is 2.16. The van der Waals surface area contributed by atoms with E-state index >= 15 is 0 Å². The minimum absolute atomic E-state index is 0.106. The summed E-state index contributed by atoms with van der Waals surface area (Å²) >= 11 is 0. The van der Waals surface area contributed by atoms with Gasteiger partial charge in [0.2, 0.25) is 5.91 Å². The van der Waals surface area contributed by atoms with E-state index in [-0.39, 0.29) is 5.91 Å². The Kier molecular flexibility index (Phi) is 4.62. The molecule has 0 bridgehead atoms. The average Bonchev–Trinajstić information content (AvgIpc) is 2.82. The molecule has 98 valence electrons. The first-order chi connectivity index (χ1) is 8.74. The zero-order chi connectivity index (χ0) is 12.8. The normalized spacial score (nSPS) is 15.6. The molecule has 1 fully saturated rings. The van der Waals surface area contributed by atoms with E-state index in [2.05, 4.69) is 5.32 Å². The Morgan fingerprint density at radius 3 is 2.89 bits per heavy atom. The second kappa shape index (κ2) is 6.43. The lowest BCUT2D eigenvalue weighted by Gasteiger charge is -2.12. The lowest BCUT2D eigenvalue weighted by molar-refractivity contribution is -0.122. The fraction of sp³-hybridized carbons (Fsp3) is 0.533. The summed E-state index contributed by atoms with van der Waals surface area (Å²) in [4.78, 5) is 11.7. The van der Waals surface area contributed by atoms with Gasteiger partial charge in [-0.25, -0.2) is 0 Å². The van der Waals surface area contributed by atoms with Gasteiger partial charge in [0.25, 0.3) is 0 Å². The van der Waals surface area contributed by atoms with Gasteiger partial charge >= 0.3 is 0 Å². The first-order valence-corrected chi connectivity index (χ1v) is 6.73. The molecule has 0 spiro atoms. The Balaban J connectivity index is 1.66. The molecule has 1 aliphatic carbocycles. The third-order valence-corrected chi connectivity index (χ3v) is 3.31. The van der Waals surface area contributed by atoms with Crippen LogP contribution < -0.4 is 10.1 Å². The maximum absolute atomic E-state index is 11.7. The second-order valence-corrected chi connectivity index (χ2v) is 4.96. The molecule has 1 aromatic carbocycles.